The van der Waals surface area contributed by atoms with Gasteiger partial charge in [-0.05, 0) is 17.5 Å². The predicted molar refractivity (Wildman–Crippen MR) is 74.2 cm³/mol. The van der Waals surface area contributed by atoms with E-state index in [0.717, 1.165) is 11.1 Å². The third-order valence-corrected chi connectivity index (χ3v) is 4.40. The molecule has 1 amide bonds. The van der Waals surface area contributed by atoms with E-state index in [1.54, 1.807) is 0 Å². The fourth-order valence-corrected chi connectivity index (χ4v) is 3.46. The predicted octanol–water partition coefficient (Wildman–Crippen LogP) is 2.26. The summed E-state index contributed by atoms with van der Waals surface area (Å²) >= 11 is 0. The molecule has 98 valence electrons. The van der Waals surface area contributed by atoms with Gasteiger partial charge in [0, 0.05) is 5.56 Å². The number of nitrogens with one attached hydrogen (secondary N) is 1. The monoisotopic (exact) mass is 263 g/mol. The van der Waals surface area contributed by atoms with Crippen molar-refractivity contribution in [1.29, 1.82) is 0 Å². The average molecular weight is 263 g/mol. The minimum absolute atomic E-state index is 0.0536. The summed E-state index contributed by atoms with van der Waals surface area (Å²) in [6.07, 6.45) is 0.520. The number of carbonyl (C=O) groups is 2. The molecule has 1 aliphatic heterocycles. The van der Waals surface area contributed by atoms with Crippen LogP contribution in [-0.2, 0) is 10.3 Å². The molecule has 0 spiro atoms. The summed E-state index contributed by atoms with van der Waals surface area (Å²) < 4.78 is 0. The van der Waals surface area contributed by atoms with Gasteiger partial charge in [-0.2, -0.15) is 0 Å². The summed E-state index contributed by atoms with van der Waals surface area (Å²) in [4.78, 5) is 24.6. The molecule has 1 saturated heterocycles. The normalized spacial score (nSPS) is 27.1. The Kier molecular flexibility index (Phi) is 2.16. The molecule has 2 unspecified atom stereocenters. The average Bonchev–Trinajstić information content (AvgIpc) is 2.82. The minimum atomic E-state index is -0.551. The van der Waals surface area contributed by atoms with Gasteiger partial charge in [-0.1, -0.05) is 54.6 Å². The van der Waals surface area contributed by atoms with Crippen molar-refractivity contribution in [2.45, 2.75) is 12.0 Å². The highest BCUT2D eigenvalue weighted by molar-refractivity contribution is 6.14. The molecule has 4 rings (SSSR count). The van der Waals surface area contributed by atoms with Gasteiger partial charge in [0.1, 0.15) is 5.92 Å². The standard InChI is InChI=1S/C17H13NO2/c19-15-12-8-4-5-9-14(12)17(10-13(15)16(20)18-17)11-6-2-1-3-7-11/h1-9,13H,10H2,(H,18,20). The molecule has 1 heterocycles. The lowest BCUT2D eigenvalue weighted by Crippen LogP contribution is -2.41. The van der Waals surface area contributed by atoms with Crippen molar-refractivity contribution < 1.29 is 9.59 Å². The minimum Gasteiger partial charge on any atom is -0.342 e. The number of fused-ring (bicyclic) bond motifs is 4. The van der Waals surface area contributed by atoms with Crippen LogP contribution in [0, 0.1) is 5.92 Å². The highest BCUT2D eigenvalue weighted by atomic mass is 16.2. The first-order valence-corrected chi connectivity index (χ1v) is 6.74. The second-order valence-corrected chi connectivity index (χ2v) is 5.43. The Morgan fingerprint density at radius 1 is 0.950 bits per heavy atom. The molecule has 1 fully saturated rings. The number of hydrogen-bond acceptors (Lipinski definition) is 2. The van der Waals surface area contributed by atoms with E-state index in [9.17, 15) is 9.59 Å². The lowest BCUT2D eigenvalue weighted by molar-refractivity contribution is -0.121. The first kappa shape index (κ1) is 11.4. The fraction of sp³-hybridized carbons (Fsp3) is 0.176. The number of Topliss-reactive ketones (excluding diaryl/α,β-unsaturated/α-hetero) is 1. The molecular formula is C17H13NO2. The summed E-state index contributed by atoms with van der Waals surface area (Å²) in [5, 5.41) is 3.07. The molecule has 0 aromatic heterocycles. The summed E-state index contributed by atoms with van der Waals surface area (Å²) in [7, 11) is 0. The molecule has 2 bridgehead atoms. The van der Waals surface area contributed by atoms with Crippen molar-refractivity contribution in [1.82, 2.24) is 5.32 Å². The number of ketones is 1. The van der Waals surface area contributed by atoms with Gasteiger partial charge in [0.25, 0.3) is 0 Å². The molecule has 2 aromatic rings. The zero-order valence-corrected chi connectivity index (χ0v) is 10.8. The van der Waals surface area contributed by atoms with Crippen LogP contribution in [0.2, 0.25) is 0 Å². The van der Waals surface area contributed by atoms with E-state index in [1.165, 1.54) is 0 Å². The van der Waals surface area contributed by atoms with Gasteiger partial charge in [0.2, 0.25) is 5.91 Å². The number of hydrogen-bond donors (Lipinski definition) is 1. The Balaban J connectivity index is 2.02. The maximum absolute atomic E-state index is 12.4. The molecule has 0 saturated carbocycles. The lowest BCUT2D eigenvalue weighted by Gasteiger charge is -2.34. The van der Waals surface area contributed by atoms with Gasteiger partial charge in [0.15, 0.2) is 5.78 Å². The van der Waals surface area contributed by atoms with Crippen LogP contribution < -0.4 is 5.32 Å². The third kappa shape index (κ3) is 1.29. The van der Waals surface area contributed by atoms with Gasteiger partial charge >= 0.3 is 0 Å². The molecule has 3 nitrogen and oxygen atoms in total. The van der Waals surface area contributed by atoms with E-state index in [4.69, 9.17) is 0 Å². The Morgan fingerprint density at radius 2 is 1.65 bits per heavy atom. The van der Waals surface area contributed by atoms with Gasteiger partial charge in [-0.25, -0.2) is 0 Å². The van der Waals surface area contributed by atoms with Gasteiger partial charge < -0.3 is 5.32 Å². The van der Waals surface area contributed by atoms with E-state index in [1.807, 2.05) is 54.6 Å². The van der Waals surface area contributed by atoms with Crippen molar-refractivity contribution in [2.75, 3.05) is 0 Å². The van der Waals surface area contributed by atoms with Crippen LogP contribution in [0.25, 0.3) is 0 Å². The third-order valence-electron chi connectivity index (χ3n) is 4.40. The smallest absolute Gasteiger partial charge is 0.232 e. The van der Waals surface area contributed by atoms with E-state index in [0.29, 0.717) is 12.0 Å². The second-order valence-electron chi connectivity index (χ2n) is 5.43. The van der Waals surface area contributed by atoms with Gasteiger partial charge in [-0.3, -0.25) is 9.59 Å². The van der Waals surface area contributed by atoms with Crippen LogP contribution in [0.4, 0.5) is 0 Å². The molecule has 0 radical (unpaired) electrons. The van der Waals surface area contributed by atoms with Gasteiger partial charge in [0.05, 0.1) is 5.54 Å². The largest absolute Gasteiger partial charge is 0.342 e. The van der Waals surface area contributed by atoms with Crippen molar-refractivity contribution in [3.63, 3.8) is 0 Å². The zero-order chi connectivity index (χ0) is 13.7. The van der Waals surface area contributed by atoms with Crippen LogP contribution >= 0.6 is 0 Å². The molecule has 3 heteroatoms. The molecule has 2 aromatic carbocycles. The van der Waals surface area contributed by atoms with E-state index >= 15 is 0 Å². The highest BCUT2D eigenvalue weighted by Crippen LogP contribution is 2.46. The van der Waals surface area contributed by atoms with E-state index in [2.05, 4.69) is 5.32 Å². The molecule has 1 aliphatic carbocycles. The van der Waals surface area contributed by atoms with Gasteiger partial charge in [-0.15, -0.1) is 0 Å². The van der Waals surface area contributed by atoms with E-state index in [-0.39, 0.29) is 11.7 Å². The Bertz CT molecular complexity index is 723. The van der Waals surface area contributed by atoms with Crippen LogP contribution in [0.5, 0.6) is 0 Å². The number of amides is 1. The first-order chi connectivity index (χ1) is 9.72. The van der Waals surface area contributed by atoms with Crippen molar-refractivity contribution >= 4 is 11.7 Å². The van der Waals surface area contributed by atoms with Crippen LogP contribution in [-0.4, -0.2) is 11.7 Å². The summed E-state index contributed by atoms with van der Waals surface area (Å²) in [6.45, 7) is 0. The van der Waals surface area contributed by atoms with Crippen molar-refractivity contribution in [2.24, 2.45) is 5.92 Å². The van der Waals surface area contributed by atoms with Crippen molar-refractivity contribution in [3.8, 4) is 0 Å². The molecular weight excluding hydrogens is 250 g/mol. The Labute approximate surface area is 116 Å². The topological polar surface area (TPSA) is 46.2 Å². The molecule has 2 atom stereocenters. The van der Waals surface area contributed by atoms with Crippen molar-refractivity contribution in [3.05, 3.63) is 71.3 Å². The van der Waals surface area contributed by atoms with E-state index < -0.39 is 11.5 Å². The molecule has 2 aliphatic rings. The quantitative estimate of drug-likeness (QED) is 0.802. The van der Waals surface area contributed by atoms with Crippen LogP contribution in [0.3, 0.4) is 0 Å². The fourth-order valence-electron chi connectivity index (χ4n) is 3.46. The summed E-state index contributed by atoms with van der Waals surface area (Å²) in [5.74, 6) is -0.762. The lowest BCUT2D eigenvalue weighted by atomic mass is 9.71. The number of rotatable bonds is 1. The first-order valence-electron chi connectivity index (χ1n) is 6.74. The number of benzene rings is 2. The second kappa shape index (κ2) is 3.79. The Morgan fingerprint density at radius 3 is 2.45 bits per heavy atom. The maximum atomic E-state index is 12.4. The number of carbonyl (C=O) groups excluding carboxylic acids is 2. The zero-order valence-electron chi connectivity index (χ0n) is 10.8. The molecule has 1 N–H and O–H groups in total. The summed E-state index contributed by atoms with van der Waals surface area (Å²) in [6, 6.07) is 17.4. The summed E-state index contributed by atoms with van der Waals surface area (Å²) in [5.41, 5.74) is 2.08. The molecule has 20 heavy (non-hydrogen) atoms. The Hall–Kier alpha value is -2.42. The maximum Gasteiger partial charge on any atom is 0.232 e. The highest BCUT2D eigenvalue weighted by Gasteiger charge is 2.54. The SMILES string of the molecule is O=C1NC2(c3ccccc3)CC1C(=O)c1ccccc12. The van der Waals surface area contributed by atoms with Crippen LogP contribution in [0.1, 0.15) is 27.9 Å². The van der Waals surface area contributed by atoms with Crippen LogP contribution in [0.15, 0.2) is 54.6 Å².